The number of amides is 1. The molecule has 3 aromatic rings. The molecule has 1 saturated carbocycles. The largest absolute Gasteiger partial charge is 0.352 e. The van der Waals surface area contributed by atoms with Gasteiger partial charge in [-0.15, -0.1) is 0 Å². The van der Waals surface area contributed by atoms with Gasteiger partial charge < -0.3 is 5.32 Å². The average Bonchev–Trinajstić information content (AvgIpc) is 3.31. The van der Waals surface area contributed by atoms with Crippen molar-refractivity contribution in [1.82, 2.24) is 15.1 Å². The second-order valence-electron chi connectivity index (χ2n) is 7.71. The van der Waals surface area contributed by atoms with Crippen LogP contribution in [0.15, 0.2) is 42.6 Å². The van der Waals surface area contributed by atoms with Gasteiger partial charge in [-0.2, -0.15) is 5.10 Å². The molecule has 1 aliphatic carbocycles. The summed E-state index contributed by atoms with van der Waals surface area (Å²) in [6.07, 6.45) is 8.30. The van der Waals surface area contributed by atoms with Crippen molar-refractivity contribution in [1.29, 1.82) is 0 Å². The molecule has 0 saturated heterocycles. The molecule has 0 aliphatic heterocycles. The lowest BCUT2D eigenvalue weighted by Gasteiger charge is -2.12. The van der Waals surface area contributed by atoms with Crippen LogP contribution in [0.3, 0.4) is 0 Å². The van der Waals surface area contributed by atoms with Crippen LogP contribution < -0.4 is 5.32 Å². The highest BCUT2D eigenvalue weighted by Crippen LogP contribution is 2.32. The summed E-state index contributed by atoms with van der Waals surface area (Å²) in [6.45, 7) is 2.82. The number of hydrogen-bond acceptors (Lipinski definition) is 2. The van der Waals surface area contributed by atoms with Gasteiger partial charge in [-0.3, -0.25) is 9.48 Å². The molecule has 4 rings (SSSR count). The quantitative estimate of drug-likeness (QED) is 0.705. The predicted molar refractivity (Wildman–Crippen MR) is 110 cm³/mol. The van der Waals surface area contributed by atoms with Gasteiger partial charge in [-0.25, -0.2) is 0 Å². The van der Waals surface area contributed by atoms with Crippen LogP contribution in [0, 0.1) is 12.8 Å². The fraction of sp³-hybridized carbons (Fsp3) is 0.391. The van der Waals surface area contributed by atoms with Crippen LogP contribution in [0.2, 0.25) is 0 Å². The Hall–Kier alpha value is -2.62. The van der Waals surface area contributed by atoms with Gasteiger partial charge in [0.1, 0.15) is 0 Å². The SMILES string of the molecule is Cc1c(-c2cc(C(=O)NCCC3CCCC3)cc3ccccc23)cnn1C. The first-order chi connectivity index (χ1) is 13.1. The summed E-state index contributed by atoms with van der Waals surface area (Å²) in [6, 6.07) is 12.2. The molecule has 4 nitrogen and oxygen atoms in total. The third-order valence-electron chi connectivity index (χ3n) is 5.96. The molecule has 1 heterocycles. The second-order valence-corrected chi connectivity index (χ2v) is 7.71. The van der Waals surface area contributed by atoms with Crippen molar-refractivity contribution in [2.75, 3.05) is 6.54 Å². The Kier molecular flexibility index (Phi) is 4.97. The molecule has 1 fully saturated rings. The second kappa shape index (κ2) is 7.55. The Balaban J connectivity index is 1.63. The number of aromatic nitrogens is 2. The van der Waals surface area contributed by atoms with Crippen LogP contribution in [0.25, 0.3) is 21.9 Å². The van der Waals surface area contributed by atoms with E-state index in [1.54, 1.807) is 0 Å². The van der Waals surface area contributed by atoms with E-state index in [1.165, 1.54) is 25.7 Å². The number of carbonyl (C=O) groups is 1. The summed E-state index contributed by atoms with van der Waals surface area (Å²) in [7, 11) is 1.95. The van der Waals surface area contributed by atoms with E-state index in [4.69, 9.17) is 0 Å². The van der Waals surface area contributed by atoms with Crippen LogP contribution in [-0.2, 0) is 7.05 Å². The molecule has 0 radical (unpaired) electrons. The van der Waals surface area contributed by atoms with Crippen LogP contribution in [0.1, 0.15) is 48.2 Å². The minimum atomic E-state index is 0.0153. The van der Waals surface area contributed by atoms with Gasteiger partial charge in [0.25, 0.3) is 5.91 Å². The maximum atomic E-state index is 12.8. The fourth-order valence-corrected chi connectivity index (χ4v) is 4.22. The van der Waals surface area contributed by atoms with E-state index in [0.717, 1.165) is 52.0 Å². The van der Waals surface area contributed by atoms with Crippen LogP contribution in [0.4, 0.5) is 0 Å². The molecule has 1 aromatic heterocycles. The number of carbonyl (C=O) groups excluding carboxylic acids is 1. The Morgan fingerprint density at radius 2 is 1.96 bits per heavy atom. The van der Waals surface area contributed by atoms with Crippen LogP contribution >= 0.6 is 0 Å². The Morgan fingerprint density at radius 3 is 2.70 bits per heavy atom. The van der Waals surface area contributed by atoms with Gasteiger partial charge in [-0.05, 0) is 47.7 Å². The van der Waals surface area contributed by atoms with Gasteiger partial charge in [-0.1, -0.05) is 49.9 Å². The average molecular weight is 361 g/mol. The first-order valence-corrected chi connectivity index (χ1v) is 9.93. The Morgan fingerprint density at radius 1 is 1.19 bits per heavy atom. The molecule has 1 aliphatic rings. The van der Waals surface area contributed by atoms with Crippen LogP contribution in [-0.4, -0.2) is 22.2 Å². The lowest BCUT2D eigenvalue weighted by Crippen LogP contribution is -2.25. The Labute approximate surface area is 160 Å². The van der Waals surface area contributed by atoms with Gasteiger partial charge in [0, 0.05) is 30.4 Å². The molecule has 0 spiro atoms. The molecule has 0 unspecified atom stereocenters. The monoisotopic (exact) mass is 361 g/mol. The lowest BCUT2D eigenvalue weighted by atomic mass is 9.95. The number of aryl methyl sites for hydroxylation is 1. The highest BCUT2D eigenvalue weighted by molar-refractivity contribution is 6.04. The van der Waals surface area contributed by atoms with Gasteiger partial charge >= 0.3 is 0 Å². The van der Waals surface area contributed by atoms with Crippen LogP contribution in [0.5, 0.6) is 0 Å². The number of fused-ring (bicyclic) bond motifs is 1. The summed E-state index contributed by atoms with van der Waals surface area (Å²) in [5.74, 6) is 0.803. The molecule has 27 heavy (non-hydrogen) atoms. The van der Waals surface area contributed by atoms with Crippen molar-refractivity contribution >= 4 is 16.7 Å². The van der Waals surface area contributed by atoms with E-state index >= 15 is 0 Å². The molecule has 0 atom stereocenters. The maximum absolute atomic E-state index is 12.8. The van der Waals surface area contributed by atoms with Crippen molar-refractivity contribution in [3.63, 3.8) is 0 Å². The minimum Gasteiger partial charge on any atom is -0.352 e. The predicted octanol–water partition coefficient (Wildman–Crippen LogP) is 4.86. The maximum Gasteiger partial charge on any atom is 0.251 e. The zero-order valence-corrected chi connectivity index (χ0v) is 16.2. The third kappa shape index (κ3) is 3.61. The standard InChI is InChI=1S/C23H27N3O/c1-16-22(15-25-26(16)2)21-14-19(13-18-9-5-6-10-20(18)21)23(27)24-12-11-17-7-3-4-8-17/h5-6,9-10,13-15,17H,3-4,7-8,11-12H2,1-2H3,(H,24,27). The molecule has 2 aromatic carbocycles. The lowest BCUT2D eigenvalue weighted by molar-refractivity contribution is 0.0951. The molecule has 0 bridgehead atoms. The third-order valence-corrected chi connectivity index (χ3v) is 5.96. The minimum absolute atomic E-state index is 0.0153. The van der Waals surface area contributed by atoms with E-state index < -0.39 is 0 Å². The van der Waals surface area contributed by atoms with Crippen molar-refractivity contribution < 1.29 is 4.79 Å². The van der Waals surface area contributed by atoms with Gasteiger partial charge in [0.2, 0.25) is 0 Å². The summed E-state index contributed by atoms with van der Waals surface area (Å²) in [5.41, 5.74) is 3.96. The number of benzene rings is 2. The molecule has 1 N–H and O–H groups in total. The molecular formula is C23H27N3O. The summed E-state index contributed by atoms with van der Waals surface area (Å²) < 4.78 is 1.87. The number of rotatable bonds is 5. The van der Waals surface area contributed by atoms with E-state index in [0.29, 0.717) is 0 Å². The number of hydrogen-bond donors (Lipinski definition) is 1. The van der Waals surface area contributed by atoms with E-state index in [2.05, 4.69) is 29.5 Å². The summed E-state index contributed by atoms with van der Waals surface area (Å²) in [4.78, 5) is 12.8. The number of nitrogens with zero attached hydrogens (tertiary/aromatic N) is 2. The topological polar surface area (TPSA) is 46.9 Å². The molecule has 1 amide bonds. The first kappa shape index (κ1) is 17.8. The smallest absolute Gasteiger partial charge is 0.251 e. The summed E-state index contributed by atoms with van der Waals surface area (Å²) >= 11 is 0. The zero-order chi connectivity index (χ0) is 18.8. The van der Waals surface area contributed by atoms with Crippen molar-refractivity contribution in [3.8, 4) is 11.1 Å². The van der Waals surface area contributed by atoms with E-state index in [-0.39, 0.29) is 5.91 Å². The Bertz CT molecular complexity index is 967. The molecule has 4 heteroatoms. The summed E-state index contributed by atoms with van der Waals surface area (Å²) in [5, 5.41) is 9.74. The van der Waals surface area contributed by atoms with Crippen molar-refractivity contribution in [2.24, 2.45) is 13.0 Å². The normalized spacial score (nSPS) is 14.7. The molecule has 140 valence electrons. The van der Waals surface area contributed by atoms with Gasteiger partial charge in [0.05, 0.1) is 6.20 Å². The fourth-order valence-electron chi connectivity index (χ4n) is 4.22. The highest BCUT2D eigenvalue weighted by Gasteiger charge is 2.17. The van der Waals surface area contributed by atoms with E-state index in [1.807, 2.05) is 42.2 Å². The zero-order valence-electron chi connectivity index (χ0n) is 16.2. The molecular weight excluding hydrogens is 334 g/mol. The van der Waals surface area contributed by atoms with Gasteiger partial charge in [0.15, 0.2) is 0 Å². The van der Waals surface area contributed by atoms with E-state index in [9.17, 15) is 4.79 Å². The number of nitrogens with one attached hydrogen (secondary N) is 1. The first-order valence-electron chi connectivity index (χ1n) is 9.93. The van der Waals surface area contributed by atoms with Crippen molar-refractivity contribution in [2.45, 2.75) is 39.0 Å². The van der Waals surface area contributed by atoms with Crippen molar-refractivity contribution in [3.05, 3.63) is 53.9 Å². The highest BCUT2D eigenvalue weighted by atomic mass is 16.1.